The Morgan fingerprint density at radius 2 is 2.08 bits per heavy atom. The minimum absolute atomic E-state index is 0.278. The Morgan fingerprint density at radius 1 is 1.42 bits per heavy atom. The fraction of sp³-hybridized carbons (Fsp3) is 0.250. The van der Waals surface area contributed by atoms with Crippen molar-refractivity contribution < 1.29 is 4.39 Å². The average molecular weight is 189 g/mol. The molecular weight excluding hydrogens is 179 g/mol. The molecule has 4 N–H and O–H groups in total. The van der Waals surface area contributed by atoms with E-state index in [4.69, 9.17) is 23.1 Å². The Labute approximate surface area is 75.3 Å². The van der Waals surface area contributed by atoms with Gasteiger partial charge in [0.25, 0.3) is 0 Å². The fourth-order valence-electron chi connectivity index (χ4n) is 0.925. The predicted molar refractivity (Wildman–Crippen MR) is 47.4 cm³/mol. The van der Waals surface area contributed by atoms with Gasteiger partial charge in [0, 0.05) is 17.6 Å². The number of hydrogen-bond acceptors (Lipinski definition) is 2. The maximum atomic E-state index is 12.7. The Balaban J connectivity index is 3.00. The van der Waals surface area contributed by atoms with Crippen molar-refractivity contribution >= 4 is 11.6 Å². The van der Waals surface area contributed by atoms with Gasteiger partial charge in [-0.15, -0.1) is 0 Å². The summed E-state index contributed by atoms with van der Waals surface area (Å²) in [6, 6.07) is 3.83. The van der Waals surface area contributed by atoms with Crippen molar-refractivity contribution in [2.24, 2.45) is 11.5 Å². The highest BCUT2D eigenvalue weighted by Crippen LogP contribution is 2.17. The Kier molecular flexibility index (Phi) is 3.03. The van der Waals surface area contributed by atoms with E-state index in [1.165, 1.54) is 12.1 Å². The summed E-state index contributed by atoms with van der Waals surface area (Å²) in [5.74, 6) is -0.388. The van der Waals surface area contributed by atoms with E-state index in [1.807, 2.05) is 0 Å². The summed E-state index contributed by atoms with van der Waals surface area (Å²) >= 11 is 5.61. The van der Waals surface area contributed by atoms with Crippen LogP contribution in [0.4, 0.5) is 4.39 Å². The average Bonchev–Trinajstić information content (AvgIpc) is 2.01. The second-order valence-electron chi connectivity index (χ2n) is 2.54. The van der Waals surface area contributed by atoms with Gasteiger partial charge in [-0.1, -0.05) is 11.6 Å². The second-order valence-corrected chi connectivity index (χ2v) is 2.98. The minimum atomic E-state index is -0.388. The van der Waals surface area contributed by atoms with Gasteiger partial charge in [0.1, 0.15) is 5.82 Å². The first-order valence-corrected chi connectivity index (χ1v) is 3.93. The van der Waals surface area contributed by atoms with Crippen LogP contribution in [0.1, 0.15) is 11.6 Å². The quantitative estimate of drug-likeness (QED) is 0.738. The Hall–Kier alpha value is -0.640. The van der Waals surface area contributed by atoms with E-state index in [0.29, 0.717) is 10.6 Å². The molecule has 0 amide bonds. The molecule has 0 bridgehead atoms. The molecule has 1 atom stereocenters. The highest BCUT2D eigenvalue weighted by Gasteiger charge is 2.05. The molecule has 1 aromatic carbocycles. The Morgan fingerprint density at radius 3 is 2.58 bits per heavy atom. The molecule has 4 heteroatoms. The van der Waals surface area contributed by atoms with Crippen LogP contribution in [0, 0.1) is 5.82 Å². The third-order valence-electron chi connectivity index (χ3n) is 1.57. The van der Waals surface area contributed by atoms with Crippen molar-refractivity contribution in [2.45, 2.75) is 6.04 Å². The van der Waals surface area contributed by atoms with Gasteiger partial charge >= 0.3 is 0 Å². The molecule has 0 saturated carbocycles. The number of benzene rings is 1. The van der Waals surface area contributed by atoms with Gasteiger partial charge in [0.2, 0.25) is 0 Å². The van der Waals surface area contributed by atoms with Crippen molar-refractivity contribution in [3.8, 4) is 0 Å². The maximum Gasteiger partial charge on any atom is 0.125 e. The highest BCUT2D eigenvalue weighted by molar-refractivity contribution is 6.30. The first-order chi connectivity index (χ1) is 5.63. The van der Waals surface area contributed by atoms with Gasteiger partial charge in [-0.3, -0.25) is 0 Å². The van der Waals surface area contributed by atoms with Gasteiger partial charge in [-0.05, 0) is 23.8 Å². The third kappa shape index (κ3) is 2.17. The van der Waals surface area contributed by atoms with E-state index in [1.54, 1.807) is 6.07 Å². The van der Waals surface area contributed by atoms with Crippen LogP contribution in [0.25, 0.3) is 0 Å². The molecule has 0 aliphatic heterocycles. The summed E-state index contributed by atoms with van der Waals surface area (Å²) in [4.78, 5) is 0. The molecule has 1 aromatic rings. The van der Waals surface area contributed by atoms with Crippen LogP contribution in [0.15, 0.2) is 18.2 Å². The van der Waals surface area contributed by atoms with Gasteiger partial charge < -0.3 is 11.5 Å². The van der Waals surface area contributed by atoms with Crippen molar-refractivity contribution in [1.82, 2.24) is 0 Å². The van der Waals surface area contributed by atoms with Crippen molar-refractivity contribution in [3.63, 3.8) is 0 Å². The lowest BCUT2D eigenvalue weighted by atomic mass is 10.1. The molecular formula is C8H10ClFN2. The summed E-state index contributed by atoms with van der Waals surface area (Å²) in [5, 5.41) is 0.342. The lowest BCUT2D eigenvalue weighted by Gasteiger charge is -2.08. The summed E-state index contributed by atoms with van der Waals surface area (Å²) in [6.07, 6.45) is 0. The lowest BCUT2D eigenvalue weighted by molar-refractivity contribution is 0.620. The van der Waals surface area contributed by atoms with E-state index in [2.05, 4.69) is 0 Å². The SMILES string of the molecule is NCC(N)c1cc(F)cc(Cl)c1. The van der Waals surface area contributed by atoms with Crippen LogP contribution in [-0.2, 0) is 0 Å². The fourth-order valence-corrected chi connectivity index (χ4v) is 1.16. The summed E-state index contributed by atoms with van der Waals surface area (Å²) in [6.45, 7) is 0.278. The zero-order valence-electron chi connectivity index (χ0n) is 6.43. The summed E-state index contributed by atoms with van der Waals surface area (Å²) in [5.41, 5.74) is 11.5. The summed E-state index contributed by atoms with van der Waals surface area (Å²) < 4.78 is 12.7. The number of rotatable bonds is 2. The van der Waals surface area contributed by atoms with Gasteiger partial charge in [-0.2, -0.15) is 0 Å². The molecule has 12 heavy (non-hydrogen) atoms. The zero-order valence-corrected chi connectivity index (χ0v) is 7.18. The highest BCUT2D eigenvalue weighted by atomic mass is 35.5. The van der Waals surface area contributed by atoms with Gasteiger partial charge in [-0.25, -0.2) is 4.39 Å². The van der Waals surface area contributed by atoms with E-state index < -0.39 is 0 Å². The zero-order chi connectivity index (χ0) is 9.14. The van der Waals surface area contributed by atoms with Crippen molar-refractivity contribution in [1.29, 1.82) is 0 Å². The molecule has 0 aliphatic rings. The standard InChI is InChI=1S/C8H10ClFN2/c9-6-1-5(8(12)4-11)2-7(10)3-6/h1-3,8H,4,11-12H2. The van der Waals surface area contributed by atoms with Gasteiger partial charge in [0.05, 0.1) is 0 Å². The van der Waals surface area contributed by atoms with E-state index in [9.17, 15) is 4.39 Å². The molecule has 2 nitrogen and oxygen atoms in total. The van der Waals surface area contributed by atoms with Crippen LogP contribution in [0.3, 0.4) is 0 Å². The van der Waals surface area contributed by atoms with Crippen molar-refractivity contribution in [2.75, 3.05) is 6.54 Å². The van der Waals surface area contributed by atoms with Crippen LogP contribution < -0.4 is 11.5 Å². The molecule has 66 valence electrons. The lowest BCUT2D eigenvalue weighted by Crippen LogP contribution is -2.20. The van der Waals surface area contributed by atoms with Crippen LogP contribution >= 0.6 is 11.6 Å². The van der Waals surface area contributed by atoms with Crippen LogP contribution in [0.5, 0.6) is 0 Å². The number of halogens is 2. The molecule has 0 aromatic heterocycles. The number of nitrogens with two attached hydrogens (primary N) is 2. The molecule has 1 rings (SSSR count). The van der Waals surface area contributed by atoms with E-state index in [0.717, 1.165) is 0 Å². The van der Waals surface area contributed by atoms with Crippen LogP contribution in [-0.4, -0.2) is 6.54 Å². The molecule has 0 saturated heterocycles. The Bertz CT molecular complexity index is 258. The molecule has 0 spiro atoms. The second kappa shape index (κ2) is 3.85. The van der Waals surface area contributed by atoms with Crippen molar-refractivity contribution in [3.05, 3.63) is 34.6 Å². The largest absolute Gasteiger partial charge is 0.329 e. The smallest absolute Gasteiger partial charge is 0.125 e. The topological polar surface area (TPSA) is 52.0 Å². The van der Waals surface area contributed by atoms with Gasteiger partial charge in [0.15, 0.2) is 0 Å². The number of hydrogen-bond donors (Lipinski definition) is 2. The first-order valence-electron chi connectivity index (χ1n) is 3.55. The summed E-state index contributed by atoms with van der Waals surface area (Å²) in [7, 11) is 0. The monoisotopic (exact) mass is 188 g/mol. The van der Waals surface area contributed by atoms with Crippen LogP contribution in [0.2, 0.25) is 5.02 Å². The predicted octanol–water partition coefficient (Wildman–Crippen LogP) is 1.44. The molecule has 0 aliphatic carbocycles. The normalized spacial score (nSPS) is 13.0. The first kappa shape index (κ1) is 9.45. The van der Waals surface area contributed by atoms with E-state index >= 15 is 0 Å². The molecule has 0 heterocycles. The molecule has 1 unspecified atom stereocenters. The maximum absolute atomic E-state index is 12.7. The minimum Gasteiger partial charge on any atom is -0.329 e. The molecule has 0 fully saturated rings. The molecule has 0 radical (unpaired) electrons. The van der Waals surface area contributed by atoms with E-state index in [-0.39, 0.29) is 18.4 Å². The third-order valence-corrected chi connectivity index (χ3v) is 1.79.